The van der Waals surface area contributed by atoms with Gasteiger partial charge in [0.25, 0.3) is 0 Å². The summed E-state index contributed by atoms with van der Waals surface area (Å²) in [6, 6.07) is 7.82. The van der Waals surface area contributed by atoms with E-state index >= 15 is 0 Å². The van der Waals surface area contributed by atoms with Gasteiger partial charge in [-0.15, -0.1) is 0 Å². The molecule has 1 aliphatic rings. The Labute approximate surface area is 134 Å². The van der Waals surface area contributed by atoms with Crippen molar-refractivity contribution in [3.05, 3.63) is 59.5 Å². The van der Waals surface area contributed by atoms with Crippen LogP contribution in [0.15, 0.2) is 42.6 Å². The van der Waals surface area contributed by atoms with Gasteiger partial charge in [-0.3, -0.25) is 9.69 Å². The van der Waals surface area contributed by atoms with Gasteiger partial charge in [-0.05, 0) is 17.7 Å². The molecule has 0 bridgehead atoms. The number of fused-ring (bicyclic) bond motifs is 1. The molecule has 1 amide bonds. The number of halogens is 4. The van der Waals surface area contributed by atoms with Crippen LogP contribution in [0.1, 0.15) is 11.1 Å². The molecule has 4 nitrogen and oxygen atoms in total. The van der Waals surface area contributed by atoms with Crippen LogP contribution in [0.3, 0.4) is 0 Å². The summed E-state index contributed by atoms with van der Waals surface area (Å²) in [5, 5.41) is 10.1. The molecule has 1 unspecified atom stereocenters. The van der Waals surface area contributed by atoms with E-state index in [0.29, 0.717) is 0 Å². The Bertz CT molecular complexity index is 794. The first-order valence-electron chi connectivity index (χ1n) is 7.02. The zero-order chi connectivity index (χ0) is 17.5. The van der Waals surface area contributed by atoms with Gasteiger partial charge in [0.05, 0.1) is 13.0 Å². The fourth-order valence-electron chi connectivity index (χ4n) is 2.67. The van der Waals surface area contributed by atoms with Gasteiger partial charge in [0.1, 0.15) is 11.6 Å². The van der Waals surface area contributed by atoms with Crippen LogP contribution in [0.5, 0.6) is 0 Å². The summed E-state index contributed by atoms with van der Waals surface area (Å²) >= 11 is 0. The number of β-amino-alcohol motifs (C(OH)–C–C–N with tert-alkyl or cyclic N) is 1. The second kappa shape index (κ2) is 5.55. The molecule has 1 atom stereocenters. The van der Waals surface area contributed by atoms with Crippen molar-refractivity contribution in [2.75, 3.05) is 11.4 Å². The summed E-state index contributed by atoms with van der Waals surface area (Å²) < 4.78 is 53.5. The van der Waals surface area contributed by atoms with E-state index < -0.39 is 42.0 Å². The van der Waals surface area contributed by atoms with Crippen molar-refractivity contribution in [2.24, 2.45) is 0 Å². The van der Waals surface area contributed by atoms with Gasteiger partial charge in [-0.1, -0.05) is 24.3 Å². The van der Waals surface area contributed by atoms with Gasteiger partial charge in [0.15, 0.2) is 0 Å². The van der Waals surface area contributed by atoms with E-state index in [1.165, 1.54) is 30.5 Å². The minimum atomic E-state index is -4.97. The summed E-state index contributed by atoms with van der Waals surface area (Å²) in [6.07, 6.45) is -4.18. The average Bonchev–Trinajstić information content (AvgIpc) is 2.85. The summed E-state index contributed by atoms with van der Waals surface area (Å²) in [5.41, 5.74) is -3.62. The van der Waals surface area contributed by atoms with Gasteiger partial charge < -0.3 is 5.11 Å². The molecule has 0 saturated carbocycles. The van der Waals surface area contributed by atoms with Gasteiger partial charge in [0.2, 0.25) is 11.5 Å². The standard InChI is InChI=1S/C16H12F4N2O2/c17-12-6-2-1-4-10(12)8-13(23)22-9-15(24,16(18,19)20)11-5-3-7-21-14(11)22/h1-7,24H,8-9H2. The molecule has 3 rings (SSSR count). The Morgan fingerprint density at radius 2 is 1.96 bits per heavy atom. The minimum absolute atomic E-state index is 0.0578. The Morgan fingerprint density at radius 3 is 2.62 bits per heavy atom. The fourth-order valence-corrected chi connectivity index (χ4v) is 2.67. The minimum Gasteiger partial charge on any atom is -0.375 e. The Balaban J connectivity index is 1.96. The highest BCUT2D eigenvalue weighted by molar-refractivity contribution is 5.96. The number of pyridine rings is 1. The molecule has 0 spiro atoms. The largest absolute Gasteiger partial charge is 0.423 e. The van der Waals surface area contributed by atoms with E-state index in [-0.39, 0.29) is 11.4 Å². The van der Waals surface area contributed by atoms with Crippen molar-refractivity contribution in [3.63, 3.8) is 0 Å². The first-order valence-corrected chi connectivity index (χ1v) is 7.02. The number of hydrogen-bond acceptors (Lipinski definition) is 3. The quantitative estimate of drug-likeness (QED) is 0.855. The van der Waals surface area contributed by atoms with E-state index in [1.807, 2.05) is 0 Å². The molecule has 0 fully saturated rings. The number of rotatable bonds is 2. The van der Waals surface area contributed by atoms with Crippen LogP contribution in [0, 0.1) is 5.82 Å². The molecular formula is C16H12F4N2O2. The third-order valence-corrected chi connectivity index (χ3v) is 3.94. The molecule has 8 heteroatoms. The van der Waals surface area contributed by atoms with Gasteiger partial charge in [-0.25, -0.2) is 9.37 Å². The van der Waals surface area contributed by atoms with Crippen LogP contribution in [0.25, 0.3) is 0 Å². The predicted octanol–water partition coefficient (Wildman–Crippen LogP) is 2.56. The van der Waals surface area contributed by atoms with Gasteiger partial charge >= 0.3 is 6.18 Å². The molecule has 24 heavy (non-hydrogen) atoms. The van der Waals surface area contributed by atoms with Crippen molar-refractivity contribution in [1.82, 2.24) is 4.98 Å². The highest BCUT2D eigenvalue weighted by Gasteiger charge is 2.61. The number of amides is 1. The highest BCUT2D eigenvalue weighted by atomic mass is 19.4. The number of aromatic nitrogens is 1. The van der Waals surface area contributed by atoms with Crippen LogP contribution in [0.2, 0.25) is 0 Å². The van der Waals surface area contributed by atoms with Crippen molar-refractivity contribution in [2.45, 2.75) is 18.2 Å². The summed E-state index contributed by atoms with van der Waals surface area (Å²) in [6.45, 7) is -1.00. The van der Waals surface area contributed by atoms with Gasteiger partial charge in [-0.2, -0.15) is 13.2 Å². The van der Waals surface area contributed by atoms with Crippen LogP contribution >= 0.6 is 0 Å². The molecule has 2 heterocycles. The molecule has 1 aromatic heterocycles. The van der Waals surface area contributed by atoms with E-state index in [2.05, 4.69) is 4.98 Å². The van der Waals surface area contributed by atoms with Crippen molar-refractivity contribution < 1.29 is 27.5 Å². The van der Waals surface area contributed by atoms with Crippen molar-refractivity contribution >= 4 is 11.7 Å². The smallest absolute Gasteiger partial charge is 0.375 e. The zero-order valence-electron chi connectivity index (χ0n) is 12.2. The summed E-state index contributed by atoms with van der Waals surface area (Å²) in [7, 11) is 0. The van der Waals surface area contributed by atoms with Gasteiger partial charge in [0, 0.05) is 11.8 Å². The first-order chi connectivity index (χ1) is 11.2. The lowest BCUT2D eigenvalue weighted by Crippen LogP contribution is -2.47. The Kier molecular flexibility index (Phi) is 3.79. The highest BCUT2D eigenvalue weighted by Crippen LogP contribution is 2.47. The molecule has 0 aliphatic carbocycles. The third kappa shape index (κ3) is 2.52. The Morgan fingerprint density at radius 1 is 1.25 bits per heavy atom. The van der Waals surface area contributed by atoms with Crippen LogP contribution in [-0.4, -0.2) is 28.7 Å². The second-order valence-electron chi connectivity index (χ2n) is 5.48. The molecule has 0 radical (unpaired) electrons. The summed E-state index contributed by atoms with van der Waals surface area (Å²) in [5.74, 6) is -1.67. The molecular weight excluding hydrogens is 328 g/mol. The topological polar surface area (TPSA) is 53.4 Å². The number of benzene rings is 1. The molecule has 1 aromatic carbocycles. The zero-order valence-corrected chi connectivity index (χ0v) is 12.2. The predicted molar refractivity (Wildman–Crippen MR) is 76.6 cm³/mol. The maximum absolute atomic E-state index is 13.7. The van der Waals surface area contributed by atoms with E-state index in [4.69, 9.17) is 0 Å². The molecule has 1 N–H and O–H groups in total. The fraction of sp³-hybridized carbons (Fsp3) is 0.250. The number of nitrogens with zero attached hydrogens (tertiary/aromatic N) is 2. The molecule has 0 saturated heterocycles. The van der Waals surface area contributed by atoms with Crippen LogP contribution in [-0.2, 0) is 16.8 Å². The number of anilines is 1. The lowest BCUT2D eigenvalue weighted by molar-refractivity contribution is -0.259. The van der Waals surface area contributed by atoms with Crippen LogP contribution in [0.4, 0.5) is 23.4 Å². The SMILES string of the molecule is O=C(Cc1ccccc1F)N1CC(O)(C(F)(F)F)c2cccnc21. The van der Waals surface area contributed by atoms with Crippen LogP contribution < -0.4 is 4.90 Å². The maximum atomic E-state index is 13.7. The Hall–Kier alpha value is -2.48. The molecule has 126 valence electrons. The van der Waals surface area contributed by atoms with E-state index in [1.54, 1.807) is 0 Å². The summed E-state index contributed by atoms with van der Waals surface area (Å²) in [4.78, 5) is 16.9. The molecule has 2 aromatic rings. The van der Waals surface area contributed by atoms with Crippen molar-refractivity contribution in [3.8, 4) is 0 Å². The average molecular weight is 340 g/mol. The lowest BCUT2D eigenvalue weighted by Gasteiger charge is -2.26. The van der Waals surface area contributed by atoms with E-state index in [0.717, 1.165) is 17.0 Å². The lowest BCUT2D eigenvalue weighted by atomic mass is 9.97. The number of carbonyl (C=O) groups excluding carboxylic acids is 1. The monoisotopic (exact) mass is 340 g/mol. The van der Waals surface area contributed by atoms with Crippen molar-refractivity contribution in [1.29, 1.82) is 0 Å². The number of carbonyl (C=O) groups is 1. The normalized spacial score (nSPS) is 20.1. The van der Waals surface area contributed by atoms with E-state index in [9.17, 15) is 27.5 Å². The number of aliphatic hydroxyl groups is 1. The second-order valence-corrected chi connectivity index (χ2v) is 5.48. The number of hydrogen-bond donors (Lipinski definition) is 1. The first kappa shape index (κ1) is 16.4. The molecule has 1 aliphatic heterocycles. The maximum Gasteiger partial charge on any atom is 0.423 e. The number of alkyl halides is 3. The third-order valence-electron chi connectivity index (χ3n) is 3.94.